The molecule has 130 valence electrons. The predicted molar refractivity (Wildman–Crippen MR) is 87.7 cm³/mol. The molecule has 1 heterocycles. The molecule has 7 heteroatoms. The highest BCUT2D eigenvalue weighted by Gasteiger charge is 2.39. The molecule has 24 heavy (non-hydrogen) atoms. The van der Waals surface area contributed by atoms with Crippen molar-refractivity contribution in [3.63, 3.8) is 0 Å². The van der Waals surface area contributed by atoms with E-state index in [0.717, 1.165) is 0 Å². The third kappa shape index (κ3) is 4.31. The first-order valence-electron chi connectivity index (χ1n) is 7.92. The molecular weight excluding hydrogens is 313 g/mol. The van der Waals surface area contributed by atoms with Crippen molar-refractivity contribution in [2.75, 3.05) is 11.4 Å². The SMILES string of the molecule is CC(=O)N[C@@H](CC(C)C)C(=O)NC1CN(c2ccc(F)cc2)C1=O. The van der Waals surface area contributed by atoms with Crippen LogP contribution in [0.25, 0.3) is 0 Å². The number of halogens is 1. The number of amides is 3. The van der Waals surface area contributed by atoms with Gasteiger partial charge in [-0.1, -0.05) is 13.8 Å². The zero-order chi connectivity index (χ0) is 17.9. The van der Waals surface area contributed by atoms with Gasteiger partial charge >= 0.3 is 0 Å². The first kappa shape index (κ1) is 17.9. The summed E-state index contributed by atoms with van der Waals surface area (Å²) in [6.45, 7) is 5.58. The van der Waals surface area contributed by atoms with Crippen molar-refractivity contribution in [2.45, 2.75) is 39.3 Å². The van der Waals surface area contributed by atoms with E-state index >= 15 is 0 Å². The Hall–Kier alpha value is -2.44. The molecule has 6 nitrogen and oxygen atoms in total. The Morgan fingerprint density at radius 1 is 1.29 bits per heavy atom. The van der Waals surface area contributed by atoms with Gasteiger partial charge in [-0.2, -0.15) is 0 Å². The fraction of sp³-hybridized carbons (Fsp3) is 0.471. The van der Waals surface area contributed by atoms with Gasteiger partial charge < -0.3 is 15.5 Å². The average Bonchev–Trinajstić information content (AvgIpc) is 2.50. The second-order valence-corrected chi connectivity index (χ2v) is 6.37. The van der Waals surface area contributed by atoms with Gasteiger partial charge in [-0.15, -0.1) is 0 Å². The molecule has 0 spiro atoms. The quantitative estimate of drug-likeness (QED) is 0.767. The maximum atomic E-state index is 12.9. The lowest BCUT2D eigenvalue weighted by molar-refractivity contribution is -0.133. The molecule has 0 radical (unpaired) electrons. The van der Waals surface area contributed by atoms with Crippen molar-refractivity contribution in [3.8, 4) is 0 Å². The molecular formula is C17H22FN3O3. The number of carbonyl (C=O) groups is 3. The van der Waals surface area contributed by atoms with Crippen LogP contribution < -0.4 is 15.5 Å². The molecule has 2 rings (SSSR count). The Labute approximate surface area is 140 Å². The summed E-state index contributed by atoms with van der Waals surface area (Å²) < 4.78 is 12.9. The van der Waals surface area contributed by atoms with Crippen LogP contribution in [0, 0.1) is 11.7 Å². The summed E-state index contributed by atoms with van der Waals surface area (Å²) in [5.41, 5.74) is 0.590. The number of carbonyl (C=O) groups excluding carboxylic acids is 3. The zero-order valence-corrected chi connectivity index (χ0v) is 14.0. The van der Waals surface area contributed by atoms with Gasteiger partial charge in [0.05, 0.1) is 6.54 Å². The second-order valence-electron chi connectivity index (χ2n) is 6.37. The van der Waals surface area contributed by atoms with Crippen LogP contribution in [-0.4, -0.2) is 36.3 Å². The summed E-state index contributed by atoms with van der Waals surface area (Å²) >= 11 is 0. The molecule has 1 aliphatic rings. The normalized spacial score (nSPS) is 18.1. The van der Waals surface area contributed by atoms with Crippen molar-refractivity contribution in [2.24, 2.45) is 5.92 Å². The number of rotatable bonds is 6. The van der Waals surface area contributed by atoms with Gasteiger partial charge in [-0.25, -0.2) is 4.39 Å². The molecule has 2 atom stereocenters. The van der Waals surface area contributed by atoms with Crippen molar-refractivity contribution in [3.05, 3.63) is 30.1 Å². The Kier molecular flexibility index (Phi) is 5.54. The van der Waals surface area contributed by atoms with Crippen LogP contribution in [0.15, 0.2) is 24.3 Å². The van der Waals surface area contributed by atoms with Crippen molar-refractivity contribution in [1.29, 1.82) is 0 Å². The van der Waals surface area contributed by atoms with E-state index in [9.17, 15) is 18.8 Å². The monoisotopic (exact) mass is 335 g/mol. The summed E-state index contributed by atoms with van der Waals surface area (Å²) in [4.78, 5) is 37.2. The molecule has 3 amide bonds. The average molecular weight is 335 g/mol. The van der Waals surface area contributed by atoms with E-state index in [-0.39, 0.29) is 29.5 Å². The highest BCUT2D eigenvalue weighted by molar-refractivity contribution is 6.06. The lowest BCUT2D eigenvalue weighted by Crippen LogP contribution is -2.66. The predicted octanol–water partition coefficient (Wildman–Crippen LogP) is 1.21. The maximum absolute atomic E-state index is 12.9. The number of nitrogens with one attached hydrogen (secondary N) is 2. The molecule has 0 aromatic heterocycles. The fourth-order valence-electron chi connectivity index (χ4n) is 2.61. The highest BCUT2D eigenvalue weighted by atomic mass is 19.1. The topological polar surface area (TPSA) is 78.5 Å². The largest absolute Gasteiger partial charge is 0.345 e. The number of hydrogen-bond acceptors (Lipinski definition) is 3. The molecule has 1 saturated heterocycles. The summed E-state index contributed by atoms with van der Waals surface area (Å²) in [5, 5.41) is 5.28. The van der Waals surface area contributed by atoms with Gasteiger partial charge in [0.2, 0.25) is 11.8 Å². The maximum Gasteiger partial charge on any atom is 0.251 e. The van der Waals surface area contributed by atoms with E-state index in [0.29, 0.717) is 18.7 Å². The molecule has 1 aliphatic heterocycles. The standard InChI is InChI=1S/C17H22FN3O3/c1-10(2)8-14(19-11(3)22)16(23)20-15-9-21(17(15)24)13-6-4-12(18)5-7-13/h4-7,10,14-15H,8-9H2,1-3H3,(H,19,22)(H,20,23)/t14-,15?/m0/s1. The lowest BCUT2D eigenvalue weighted by atomic mass is 10.0. The molecule has 1 aromatic carbocycles. The van der Waals surface area contributed by atoms with E-state index in [2.05, 4.69) is 10.6 Å². The van der Waals surface area contributed by atoms with Crippen LogP contribution in [0.5, 0.6) is 0 Å². The fourth-order valence-corrected chi connectivity index (χ4v) is 2.61. The van der Waals surface area contributed by atoms with Crippen LogP contribution in [-0.2, 0) is 14.4 Å². The number of benzene rings is 1. The summed E-state index contributed by atoms with van der Waals surface area (Å²) in [7, 11) is 0. The first-order valence-corrected chi connectivity index (χ1v) is 7.92. The molecule has 1 unspecified atom stereocenters. The van der Waals surface area contributed by atoms with Gasteiger partial charge in [-0.3, -0.25) is 14.4 Å². The Bertz CT molecular complexity index is 630. The Balaban J connectivity index is 1.94. The highest BCUT2D eigenvalue weighted by Crippen LogP contribution is 2.22. The van der Waals surface area contributed by atoms with Crippen LogP contribution >= 0.6 is 0 Å². The Morgan fingerprint density at radius 2 is 1.92 bits per heavy atom. The second kappa shape index (κ2) is 7.42. The minimum atomic E-state index is -0.657. The summed E-state index contributed by atoms with van der Waals surface area (Å²) in [6.07, 6.45) is 0.494. The molecule has 2 N–H and O–H groups in total. The summed E-state index contributed by atoms with van der Waals surface area (Å²) in [6, 6.07) is 4.32. The van der Waals surface area contributed by atoms with Gasteiger partial charge in [0.15, 0.2) is 0 Å². The van der Waals surface area contributed by atoms with Crippen LogP contribution in [0.3, 0.4) is 0 Å². The lowest BCUT2D eigenvalue weighted by Gasteiger charge is -2.39. The Morgan fingerprint density at radius 3 is 2.42 bits per heavy atom. The molecule has 1 fully saturated rings. The third-order valence-electron chi connectivity index (χ3n) is 3.79. The van der Waals surface area contributed by atoms with E-state index in [4.69, 9.17) is 0 Å². The van der Waals surface area contributed by atoms with Crippen molar-refractivity contribution in [1.82, 2.24) is 10.6 Å². The number of β-lactam (4-membered cyclic amide) rings is 1. The zero-order valence-electron chi connectivity index (χ0n) is 14.0. The molecule has 0 saturated carbocycles. The minimum absolute atomic E-state index is 0.223. The van der Waals surface area contributed by atoms with Gasteiger partial charge in [0, 0.05) is 12.6 Å². The van der Waals surface area contributed by atoms with Crippen LogP contribution in [0.1, 0.15) is 27.2 Å². The molecule has 0 bridgehead atoms. The number of nitrogens with zero attached hydrogens (tertiary/aromatic N) is 1. The third-order valence-corrected chi connectivity index (χ3v) is 3.79. The summed E-state index contributed by atoms with van der Waals surface area (Å²) in [5.74, 6) is -1.05. The van der Waals surface area contributed by atoms with E-state index < -0.39 is 12.1 Å². The van der Waals surface area contributed by atoms with Gasteiger partial charge in [0.1, 0.15) is 17.9 Å². The minimum Gasteiger partial charge on any atom is -0.345 e. The van der Waals surface area contributed by atoms with E-state index in [1.54, 1.807) is 0 Å². The van der Waals surface area contributed by atoms with Crippen LogP contribution in [0.4, 0.5) is 10.1 Å². The smallest absolute Gasteiger partial charge is 0.251 e. The van der Waals surface area contributed by atoms with Gasteiger partial charge in [-0.05, 0) is 36.6 Å². The molecule has 0 aliphatic carbocycles. The number of anilines is 1. The van der Waals surface area contributed by atoms with Crippen molar-refractivity contribution >= 4 is 23.4 Å². The van der Waals surface area contributed by atoms with E-state index in [1.165, 1.54) is 36.1 Å². The van der Waals surface area contributed by atoms with Gasteiger partial charge in [0.25, 0.3) is 5.91 Å². The number of hydrogen-bond donors (Lipinski definition) is 2. The molecule has 1 aromatic rings. The van der Waals surface area contributed by atoms with E-state index in [1.807, 2.05) is 13.8 Å². The first-order chi connectivity index (χ1) is 11.3. The van der Waals surface area contributed by atoms with Crippen molar-refractivity contribution < 1.29 is 18.8 Å². The van der Waals surface area contributed by atoms with Crippen LogP contribution in [0.2, 0.25) is 0 Å².